The molecule has 1 heterocycles. The molecular formula is C14H17N3O2S. The van der Waals surface area contributed by atoms with Crippen LogP contribution in [-0.2, 0) is 16.0 Å². The van der Waals surface area contributed by atoms with Crippen molar-refractivity contribution in [2.75, 3.05) is 12.4 Å². The van der Waals surface area contributed by atoms with Gasteiger partial charge < -0.3 is 4.74 Å². The Bertz CT molecular complexity index is 557. The number of benzene rings is 1. The van der Waals surface area contributed by atoms with Crippen LogP contribution in [0.1, 0.15) is 30.0 Å². The Labute approximate surface area is 122 Å². The second kappa shape index (κ2) is 7.12. The van der Waals surface area contributed by atoms with E-state index >= 15 is 0 Å². The number of amides is 1. The smallest absolute Gasteiger partial charge is 0.259 e. The van der Waals surface area contributed by atoms with Crippen LogP contribution < -0.4 is 5.32 Å². The van der Waals surface area contributed by atoms with Crippen LogP contribution in [0, 0.1) is 0 Å². The van der Waals surface area contributed by atoms with Gasteiger partial charge in [-0.05, 0) is 12.0 Å². The fourth-order valence-corrected chi connectivity index (χ4v) is 2.66. The summed E-state index contributed by atoms with van der Waals surface area (Å²) in [7, 11) is 1.51. The van der Waals surface area contributed by atoms with E-state index in [4.69, 9.17) is 4.74 Å². The lowest BCUT2D eigenvalue weighted by Gasteiger charge is -2.14. The quantitative estimate of drug-likeness (QED) is 0.889. The van der Waals surface area contributed by atoms with Crippen LogP contribution in [0.25, 0.3) is 0 Å². The fraction of sp³-hybridized carbons (Fsp3) is 0.357. The van der Waals surface area contributed by atoms with E-state index < -0.39 is 6.10 Å². The predicted molar refractivity (Wildman–Crippen MR) is 78.7 cm³/mol. The second-order valence-corrected chi connectivity index (χ2v) is 5.33. The molecule has 0 bridgehead atoms. The van der Waals surface area contributed by atoms with Crippen LogP contribution in [0.15, 0.2) is 30.3 Å². The van der Waals surface area contributed by atoms with Crippen LogP contribution in [0.5, 0.6) is 0 Å². The highest BCUT2D eigenvalue weighted by Gasteiger charge is 2.21. The van der Waals surface area contributed by atoms with Crippen molar-refractivity contribution in [1.29, 1.82) is 0 Å². The number of anilines is 1. The van der Waals surface area contributed by atoms with E-state index in [0.29, 0.717) is 5.13 Å². The second-order valence-electron chi connectivity index (χ2n) is 4.27. The minimum absolute atomic E-state index is 0.238. The van der Waals surface area contributed by atoms with Crippen molar-refractivity contribution in [2.24, 2.45) is 0 Å². The summed E-state index contributed by atoms with van der Waals surface area (Å²) in [4.78, 5) is 12.2. The number of aryl methyl sites for hydroxylation is 1. The van der Waals surface area contributed by atoms with Crippen molar-refractivity contribution < 1.29 is 9.53 Å². The molecule has 0 aliphatic carbocycles. The maximum Gasteiger partial charge on any atom is 0.259 e. The fourth-order valence-electron chi connectivity index (χ4n) is 1.81. The molecule has 0 saturated heterocycles. The third-order valence-corrected chi connectivity index (χ3v) is 3.64. The van der Waals surface area contributed by atoms with Gasteiger partial charge in [0.2, 0.25) is 5.13 Å². The van der Waals surface area contributed by atoms with Gasteiger partial charge in [0.1, 0.15) is 5.01 Å². The summed E-state index contributed by atoms with van der Waals surface area (Å²) in [5.41, 5.74) is 0.811. The van der Waals surface area contributed by atoms with Gasteiger partial charge in [-0.1, -0.05) is 48.6 Å². The van der Waals surface area contributed by atoms with Crippen molar-refractivity contribution in [1.82, 2.24) is 10.2 Å². The van der Waals surface area contributed by atoms with E-state index in [-0.39, 0.29) is 5.91 Å². The Kier molecular flexibility index (Phi) is 5.20. The molecule has 1 N–H and O–H groups in total. The number of hydrogen-bond acceptors (Lipinski definition) is 5. The first kappa shape index (κ1) is 14.6. The van der Waals surface area contributed by atoms with E-state index in [1.807, 2.05) is 30.3 Å². The number of aromatic nitrogens is 2. The monoisotopic (exact) mass is 291 g/mol. The number of hydrogen-bond donors (Lipinski definition) is 1. The molecule has 1 aromatic carbocycles. The number of methoxy groups -OCH3 is 1. The van der Waals surface area contributed by atoms with Gasteiger partial charge >= 0.3 is 0 Å². The van der Waals surface area contributed by atoms with E-state index in [1.165, 1.54) is 18.4 Å². The molecule has 0 radical (unpaired) electrons. The van der Waals surface area contributed by atoms with Crippen molar-refractivity contribution in [3.63, 3.8) is 0 Å². The van der Waals surface area contributed by atoms with E-state index in [2.05, 4.69) is 22.4 Å². The molecule has 2 aromatic rings. The maximum atomic E-state index is 12.2. The Morgan fingerprint density at radius 2 is 2.10 bits per heavy atom. The summed E-state index contributed by atoms with van der Waals surface area (Å²) < 4.78 is 5.27. The highest BCUT2D eigenvalue weighted by molar-refractivity contribution is 7.15. The van der Waals surface area contributed by atoms with E-state index in [0.717, 1.165) is 23.4 Å². The number of nitrogens with one attached hydrogen (secondary N) is 1. The molecule has 1 unspecified atom stereocenters. The zero-order valence-corrected chi connectivity index (χ0v) is 12.3. The van der Waals surface area contributed by atoms with Crippen molar-refractivity contribution in [3.05, 3.63) is 40.9 Å². The predicted octanol–water partition coefficient (Wildman–Crippen LogP) is 2.82. The highest BCUT2D eigenvalue weighted by atomic mass is 32.1. The van der Waals surface area contributed by atoms with Gasteiger partial charge in [0.25, 0.3) is 5.91 Å². The standard InChI is InChI=1S/C14H17N3O2S/c1-3-7-11-16-17-14(20-11)15-13(18)12(19-2)10-8-5-4-6-9-10/h4-6,8-9,12H,3,7H2,1-2H3,(H,15,17,18). The molecule has 1 amide bonds. The molecule has 106 valence electrons. The Hall–Kier alpha value is -1.79. The molecule has 0 saturated carbocycles. The normalized spacial score (nSPS) is 12.1. The van der Waals surface area contributed by atoms with Crippen LogP contribution in [0.4, 0.5) is 5.13 Å². The molecule has 0 fully saturated rings. The number of nitrogens with zero attached hydrogens (tertiary/aromatic N) is 2. The lowest BCUT2D eigenvalue weighted by atomic mass is 10.1. The largest absolute Gasteiger partial charge is 0.367 e. The maximum absolute atomic E-state index is 12.2. The van der Waals surface area contributed by atoms with Gasteiger partial charge in [-0.25, -0.2) is 0 Å². The van der Waals surface area contributed by atoms with Gasteiger partial charge in [0, 0.05) is 13.5 Å². The topological polar surface area (TPSA) is 64.1 Å². The average Bonchev–Trinajstić information content (AvgIpc) is 2.88. The number of carbonyl (C=O) groups is 1. The summed E-state index contributed by atoms with van der Waals surface area (Å²) in [6, 6.07) is 9.36. The summed E-state index contributed by atoms with van der Waals surface area (Å²) in [5.74, 6) is -0.238. The number of ether oxygens (including phenoxy) is 1. The van der Waals surface area contributed by atoms with Gasteiger partial charge in [-0.15, -0.1) is 10.2 Å². The van der Waals surface area contributed by atoms with Gasteiger partial charge in [-0.3, -0.25) is 10.1 Å². The minimum atomic E-state index is -0.644. The third-order valence-electron chi connectivity index (χ3n) is 2.74. The first-order valence-electron chi connectivity index (χ1n) is 6.45. The third kappa shape index (κ3) is 3.61. The molecular weight excluding hydrogens is 274 g/mol. The summed E-state index contributed by atoms with van der Waals surface area (Å²) in [6.07, 6.45) is 1.24. The molecule has 20 heavy (non-hydrogen) atoms. The lowest BCUT2D eigenvalue weighted by Crippen LogP contribution is -2.22. The highest BCUT2D eigenvalue weighted by Crippen LogP contribution is 2.21. The molecule has 0 spiro atoms. The Morgan fingerprint density at radius 1 is 1.35 bits per heavy atom. The molecule has 6 heteroatoms. The molecule has 2 rings (SSSR count). The number of rotatable bonds is 6. The van der Waals surface area contributed by atoms with Crippen molar-refractivity contribution in [2.45, 2.75) is 25.9 Å². The first-order chi connectivity index (χ1) is 9.74. The Morgan fingerprint density at radius 3 is 2.75 bits per heavy atom. The van der Waals surface area contributed by atoms with E-state index in [1.54, 1.807) is 0 Å². The van der Waals surface area contributed by atoms with Gasteiger partial charge in [0.05, 0.1) is 0 Å². The van der Waals surface area contributed by atoms with Crippen molar-refractivity contribution in [3.8, 4) is 0 Å². The van der Waals surface area contributed by atoms with Crippen molar-refractivity contribution >= 4 is 22.4 Å². The lowest BCUT2D eigenvalue weighted by molar-refractivity contribution is -0.126. The number of carbonyl (C=O) groups excluding carboxylic acids is 1. The zero-order valence-electron chi connectivity index (χ0n) is 11.5. The molecule has 0 aliphatic rings. The SMILES string of the molecule is CCCc1nnc(NC(=O)C(OC)c2ccccc2)s1. The molecule has 0 aliphatic heterocycles. The van der Waals surface area contributed by atoms with Gasteiger partial charge in [-0.2, -0.15) is 0 Å². The minimum Gasteiger partial charge on any atom is -0.367 e. The van der Waals surface area contributed by atoms with E-state index in [9.17, 15) is 4.79 Å². The summed E-state index contributed by atoms with van der Waals surface area (Å²) in [5, 5.41) is 12.2. The van der Waals surface area contributed by atoms with Crippen LogP contribution >= 0.6 is 11.3 Å². The molecule has 1 aromatic heterocycles. The zero-order chi connectivity index (χ0) is 14.4. The van der Waals surface area contributed by atoms with Crippen LogP contribution in [0.2, 0.25) is 0 Å². The first-order valence-corrected chi connectivity index (χ1v) is 7.27. The molecule has 5 nitrogen and oxygen atoms in total. The Balaban J connectivity index is 2.05. The summed E-state index contributed by atoms with van der Waals surface area (Å²) in [6.45, 7) is 2.08. The van der Waals surface area contributed by atoms with Crippen LogP contribution in [0.3, 0.4) is 0 Å². The average molecular weight is 291 g/mol. The summed E-state index contributed by atoms with van der Waals surface area (Å²) >= 11 is 1.40. The molecule has 1 atom stereocenters. The van der Waals surface area contributed by atoms with Crippen LogP contribution in [-0.4, -0.2) is 23.2 Å². The van der Waals surface area contributed by atoms with Gasteiger partial charge in [0.15, 0.2) is 6.10 Å².